The number of pyridine rings is 1. The van der Waals surface area contributed by atoms with Crippen molar-refractivity contribution >= 4 is 17.9 Å². The Morgan fingerprint density at radius 1 is 1.17 bits per heavy atom. The van der Waals surface area contributed by atoms with E-state index in [0.717, 1.165) is 17.4 Å². The van der Waals surface area contributed by atoms with E-state index in [-0.39, 0.29) is 0 Å². The third-order valence-corrected chi connectivity index (χ3v) is 3.34. The van der Waals surface area contributed by atoms with Crippen LogP contribution in [0.2, 0.25) is 5.02 Å². The third-order valence-electron chi connectivity index (χ3n) is 3.08. The molecule has 0 aliphatic heterocycles. The van der Waals surface area contributed by atoms with Gasteiger partial charge in [0.25, 0.3) is 0 Å². The number of aromatic nitrogens is 1. The van der Waals surface area contributed by atoms with Gasteiger partial charge in [0.05, 0.1) is 5.41 Å². The van der Waals surface area contributed by atoms with E-state index in [4.69, 9.17) is 11.6 Å². The molecule has 0 bridgehead atoms. The fraction of sp³-hybridized carbons (Fsp3) is 0.200. The van der Waals surface area contributed by atoms with Crippen molar-refractivity contribution in [3.8, 4) is 0 Å². The molecule has 2 nitrogen and oxygen atoms in total. The van der Waals surface area contributed by atoms with Gasteiger partial charge < -0.3 is 4.79 Å². The zero-order valence-corrected chi connectivity index (χ0v) is 10.9. The van der Waals surface area contributed by atoms with E-state index in [1.54, 1.807) is 12.4 Å². The van der Waals surface area contributed by atoms with Crippen molar-refractivity contribution in [1.29, 1.82) is 0 Å². The van der Waals surface area contributed by atoms with Crippen molar-refractivity contribution in [3.05, 3.63) is 64.9 Å². The van der Waals surface area contributed by atoms with E-state index in [9.17, 15) is 4.79 Å². The van der Waals surface area contributed by atoms with E-state index in [0.29, 0.717) is 11.4 Å². The molecule has 92 valence electrons. The minimum Gasteiger partial charge on any atom is -0.302 e. The standard InChI is InChI=1S/C15H14ClNO/c1-15(11-18,10-12-6-8-17-9-7-12)13-2-4-14(16)5-3-13/h2-9,11H,10H2,1H3. The Morgan fingerprint density at radius 2 is 1.78 bits per heavy atom. The van der Waals surface area contributed by atoms with Crippen molar-refractivity contribution < 1.29 is 4.79 Å². The normalized spacial score (nSPS) is 13.9. The van der Waals surface area contributed by atoms with Crippen LogP contribution in [-0.4, -0.2) is 11.3 Å². The van der Waals surface area contributed by atoms with E-state index in [2.05, 4.69) is 4.98 Å². The highest BCUT2D eigenvalue weighted by molar-refractivity contribution is 6.30. The molecular weight excluding hydrogens is 246 g/mol. The summed E-state index contributed by atoms with van der Waals surface area (Å²) in [5.74, 6) is 0. The Hall–Kier alpha value is -1.67. The molecule has 3 heteroatoms. The Morgan fingerprint density at radius 3 is 2.33 bits per heavy atom. The molecule has 0 amide bonds. The van der Waals surface area contributed by atoms with Gasteiger partial charge in [-0.15, -0.1) is 0 Å². The van der Waals surface area contributed by atoms with Crippen molar-refractivity contribution in [1.82, 2.24) is 4.98 Å². The first kappa shape index (κ1) is 12.8. The van der Waals surface area contributed by atoms with Gasteiger partial charge in [-0.3, -0.25) is 4.98 Å². The molecule has 1 heterocycles. The summed E-state index contributed by atoms with van der Waals surface area (Å²) in [6, 6.07) is 11.3. The van der Waals surface area contributed by atoms with Gasteiger partial charge in [0.2, 0.25) is 0 Å². The van der Waals surface area contributed by atoms with Gasteiger partial charge in [-0.1, -0.05) is 23.7 Å². The average Bonchev–Trinajstić information content (AvgIpc) is 2.40. The Bertz CT molecular complexity index is 524. The molecule has 2 aromatic rings. The lowest BCUT2D eigenvalue weighted by Gasteiger charge is -2.23. The average molecular weight is 260 g/mol. The number of hydrogen-bond donors (Lipinski definition) is 0. The molecule has 2 rings (SSSR count). The number of rotatable bonds is 4. The molecule has 0 fully saturated rings. The Kier molecular flexibility index (Phi) is 3.78. The molecule has 1 aromatic heterocycles. The van der Waals surface area contributed by atoms with Crippen LogP contribution in [0.5, 0.6) is 0 Å². The van der Waals surface area contributed by atoms with Crippen LogP contribution in [0.4, 0.5) is 0 Å². The SMILES string of the molecule is CC(C=O)(Cc1ccncc1)c1ccc(Cl)cc1. The minimum absolute atomic E-state index is 0.536. The molecule has 0 radical (unpaired) electrons. The lowest BCUT2D eigenvalue weighted by molar-refractivity contribution is -0.112. The van der Waals surface area contributed by atoms with Crippen molar-refractivity contribution in [3.63, 3.8) is 0 Å². The maximum atomic E-state index is 11.5. The van der Waals surface area contributed by atoms with E-state index in [1.807, 2.05) is 43.3 Å². The first-order valence-corrected chi connectivity index (χ1v) is 6.13. The fourth-order valence-electron chi connectivity index (χ4n) is 1.97. The summed E-state index contributed by atoms with van der Waals surface area (Å²) in [5.41, 5.74) is 1.53. The van der Waals surface area contributed by atoms with Crippen LogP contribution in [0.1, 0.15) is 18.1 Å². The lowest BCUT2D eigenvalue weighted by Crippen LogP contribution is -2.26. The first-order valence-electron chi connectivity index (χ1n) is 5.75. The largest absolute Gasteiger partial charge is 0.302 e. The summed E-state index contributed by atoms with van der Waals surface area (Å²) >= 11 is 5.87. The molecule has 18 heavy (non-hydrogen) atoms. The molecule has 0 aliphatic rings. The number of nitrogens with zero attached hydrogens (tertiary/aromatic N) is 1. The highest BCUT2D eigenvalue weighted by atomic mass is 35.5. The molecule has 1 atom stereocenters. The molecule has 0 saturated carbocycles. The number of hydrogen-bond acceptors (Lipinski definition) is 2. The second-order valence-electron chi connectivity index (χ2n) is 4.57. The predicted octanol–water partition coefficient (Wildman–Crippen LogP) is 3.43. The van der Waals surface area contributed by atoms with Crippen LogP contribution in [0.3, 0.4) is 0 Å². The number of carbonyl (C=O) groups excluding carboxylic acids is 1. The van der Waals surface area contributed by atoms with E-state index in [1.165, 1.54) is 0 Å². The lowest BCUT2D eigenvalue weighted by atomic mass is 9.79. The second-order valence-corrected chi connectivity index (χ2v) is 5.01. The second kappa shape index (κ2) is 5.32. The van der Waals surface area contributed by atoms with Crippen LogP contribution in [0.25, 0.3) is 0 Å². The molecule has 0 aliphatic carbocycles. The first-order chi connectivity index (χ1) is 8.64. The maximum Gasteiger partial charge on any atom is 0.130 e. The van der Waals surface area contributed by atoms with E-state index < -0.39 is 5.41 Å². The zero-order valence-electron chi connectivity index (χ0n) is 10.1. The predicted molar refractivity (Wildman–Crippen MR) is 72.8 cm³/mol. The van der Waals surface area contributed by atoms with Crippen LogP contribution < -0.4 is 0 Å². The van der Waals surface area contributed by atoms with Crippen molar-refractivity contribution in [2.75, 3.05) is 0 Å². The van der Waals surface area contributed by atoms with Gasteiger partial charge in [-0.2, -0.15) is 0 Å². The number of aldehydes is 1. The quantitative estimate of drug-likeness (QED) is 0.788. The molecule has 1 aromatic carbocycles. The maximum absolute atomic E-state index is 11.5. The van der Waals surface area contributed by atoms with Crippen LogP contribution in [-0.2, 0) is 16.6 Å². The zero-order chi connectivity index (χ0) is 13.0. The summed E-state index contributed by atoms with van der Waals surface area (Å²) in [4.78, 5) is 15.4. The van der Waals surface area contributed by atoms with Gasteiger partial charge in [-0.25, -0.2) is 0 Å². The van der Waals surface area contributed by atoms with Gasteiger partial charge in [0.15, 0.2) is 0 Å². The smallest absolute Gasteiger partial charge is 0.130 e. The highest BCUT2D eigenvalue weighted by Gasteiger charge is 2.26. The topological polar surface area (TPSA) is 30.0 Å². The van der Waals surface area contributed by atoms with Crippen molar-refractivity contribution in [2.45, 2.75) is 18.8 Å². The number of benzene rings is 1. The van der Waals surface area contributed by atoms with Gasteiger partial charge in [0, 0.05) is 17.4 Å². The monoisotopic (exact) mass is 259 g/mol. The molecule has 1 unspecified atom stereocenters. The molecular formula is C15H14ClNO. The summed E-state index contributed by atoms with van der Waals surface area (Å²) in [6.45, 7) is 1.93. The van der Waals surface area contributed by atoms with Gasteiger partial charge in [-0.05, 0) is 48.7 Å². The Labute approximate surface area is 112 Å². The highest BCUT2D eigenvalue weighted by Crippen LogP contribution is 2.27. The third kappa shape index (κ3) is 2.77. The Balaban J connectivity index is 2.30. The minimum atomic E-state index is -0.536. The van der Waals surface area contributed by atoms with Crippen LogP contribution in [0.15, 0.2) is 48.8 Å². The van der Waals surface area contributed by atoms with Gasteiger partial charge in [0.1, 0.15) is 6.29 Å². The summed E-state index contributed by atoms with van der Waals surface area (Å²) in [6.07, 6.45) is 5.13. The van der Waals surface area contributed by atoms with Crippen molar-refractivity contribution in [2.24, 2.45) is 0 Å². The number of carbonyl (C=O) groups is 1. The summed E-state index contributed by atoms with van der Waals surface area (Å²) in [5, 5.41) is 0.677. The molecule has 0 spiro atoms. The van der Waals surface area contributed by atoms with Gasteiger partial charge >= 0.3 is 0 Å². The summed E-state index contributed by atoms with van der Waals surface area (Å²) in [7, 11) is 0. The number of halogens is 1. The molecule has 0 saturated heterocycles. The molecule has 0 N–H and O–H groups in total. The van der Waals surface area contributed by atoms with Crippen LogP contribution in [0, 0.1) is 0 Å². The van der Waals surface area contributed by atoms with Crippen LogP contribution >= 0.6 is 11.6 Å². The fourth-order valence-corrected chi connectivity index (χ4v) is 2.09. The summed E-state index contributed by atoms with van der Waals surface area (Å²) < 4.78 is 0. The van der Waals surface area contributed by atoms with E-state index >= 15 is 0 Å².